The first-order valence-electron chi connectivity index (χ1n) is 4.42. The van der Waals surface area contributed by atoms with Crippen molar-refractivity contribution in [3.8, 4) is 0 Å². The van der Waals surface area contributed by atoms with Gasteiger partial charge in [0.15, 0.2) is 0 Å². The quantitative estimate of drug-likeness (QED) is 0.550. The SMILES string of the molecule is C=C/C=C(\C=C)c1ccc(CBr)cc1. The molecule has 0 N–H and O–H groups in total. The van der Waals surface area contributed by atoms with Gasteiger partial charge in [0.05, 0.1) is 0 Å². The van der Waals surface area contributed by atoms with Crippen LogP contribution in [0.5, 0.6) is 0 Å². The van der Waals surface area contributed by atoms with Crippen LogP contribution >= 0.6 is 15.9 Å². The molecule has 0 atom stereocenters. The molecule has 0 spiro atoms. The number of benzene rings is 1. The first-order chi connectivity index (χ1) is 6.81. The van der Waals surface area contributed by atoms with Gasteiger partial charge in [-0.3, -0.25) is 0 Å². The van der Waals surface area contributed by atoms with Crippen molar-refractivity contribution in [1.82, 2.24) is 0 Å². The Morgan fingerprint density at radius 1 is 1.21 bits per heavy atom. The summed E-state index contributed by atoms with van der Waals surface area (Å²) in [5.41, 5.74) is 3.54. The minimum Gasteiger partial charge on any atom is -0.0990 e. The highest BCUT2D eigenvalue weighted by molar-refractivity contribution is 9.08. The summed E-state index contributed by atoms with van der Waals surface area (Å²) in [5.74, 6) is 0. The van der Waals surface area contributed by atoms with Gasteiger partial charge in [0.2, 0.25) is 0 Å². The van der Waals surface area contributed by atoms with E-state index >= 15 is 0 Å². The molecule has 72 valence electrons. The maximum atomic E-state index is 3.77. The minimum absolute atomic E-state index is 0.891. The van der Waals surface area contributed by atoms with Gasteiger partial charge in [-0.1, -0.05) is 71.6 Å². The molecule has 0 saturated heterocycles. The molecule has 1 heteroatoms. The second-order valence-electron chi connectivity index (χ2n) is 2.89. The van der Waals surface area contributed by atoms with Crippen molar-refractivity contribution in [2.75, 3.05) is 0 Å². The molecule has 0 aliphatic heterocycles. The highest BCUT2D eigenvalue weighted by atomic mass is 79.9. The monoisotopic (exact) mass is 248 g/mol. The van der Waals surface area contributed by atoms with E-state index in [1.165, 1.54) is 11.1 Å². The number of allylic oxidation sites excluding steroid dienone is 4. The predicted molar refractivity (Wildman–Crippen MR) is 67.4 cm³/mol. The third kappa shape index (κ3) is 2.71. The number of rotatable bonds is 4. The molecule has 0 saturated carbocycles. The van der Waals surface area contributed by atoms with Gasteiger partial charge in [0.25, 0.3) is 0 Å². The fourth-order valence-corrected chi connectivity index (χ4v) is 1.57. The molecule has 0 nitrogen and oxygen atoms in total. The van der Waals surface area contributed by atoms with Crippen molar-refractivity contribution < 1.29 is 0 Å². The Kier molecular flexibility index (Phi) is 4.41. The van der Waals surface area contributed by atoms with Crippen LogP contribution in [0, 0.1) is 0 Å². The molecular weight excluding hydrogens is 236 g/mol. The Balaban J connectivity index is 3.00. The van der Waals surface area contributed by atoms with Crippen molar-refractivity contribution in [3.05, 3.63) is 66.8 Å². The van der Waals surface area contributed by atoms with E-state index in [0.29, 0.717) is 0 Å². The fraction of sp³-hybridized carbons (Fsp3) is 0.0769. The molecule has 0 fully saturated rings. The van der Waals surface area contributed by atoms with E-state index in [4.69, 9.17) is 0 Å². The van der Waals surface area contributed by atoms with Crippen LogP contribution in [-0.2, 0) is 5.33 Å². The summed E-state index contributed by atoms with van der Waals surface area (Å²) in [5, 5.41) is 0.891. The fourth-order valence-electron chi connectivity index (χ4n) is 1.20. The molecule has 1 rings (SSSR count). The van der Waals surface area contributed by atoms with Crippen LogP contribution in [0.1, 0.15) is 11.1 Å². The maximum Gasteiger partial charge on any atom is 0.0283 e. The lowest BCUT2D eigenvalue weighted by Crippen LogP contribution is -1.82. The van der Waals surface area contributed by atoms with Gasteiger partial charge in [-0.05, 0) is 16.7 Å². The number of hydrogen-bond acceptors (Lipinski definition) is 0. The average Bonchev–Trinajstić information content (AvgIpc) is 2.26. The zero-order valence-corrected chi connectivity index (χ0v) is 9.63. The molecule has 0 amide bonds. The molecule has 0 aromatic heterocycles. The zero-order chi connectivity index (χ0) is 10.4. The standard InChI is InChI=1S/C13H13Br/c1-3-5-12(4-2)13-8-6-11(10-14)7-9-13/h3-9H,1-2,10H2/b12-5+. The largest absolute Gasteiger partial charge is 0.0990 e. The summed E-state index contributed by atoms with van der Waals surface area (Å²) in [7, 11) is 0. The van der Waals surface area contributed by atoms with Crippen LogP contribution < -0.4 is 0 Å². The number of halogens is 1. The van der Waals surface area contributed by atoms with Gasteiger partial charge >= 0.3 is 0 Å². The van der Waals surface area contributed by atoms with E-state index in [-0.39, 0.29) is 0 Å². The highest BCUT2D eigenvalue weighted by Crippen LogP contribution is 2.17. The molecule has 14 heavy (non-hydrogen) atoms. The Morgan fingerprint density at radius 3 is 2.29 bits per heavy atom. The lowest BCUT2D eigenvalue weighted by atomic mass is 10.0. The van der Waals surface area contributed by atoms with Crippen LogP contribution in [0.2, 0.25) is 0 Å². The lowest BCUT2D eigenvalue weighted by molar-refractivity contribution is 1.42. The molecule has 0 aliphatic carbocycles. The summed E-state index contributed by atoms with van der Waals surface area (Å²) in [6, 6.07) is 8.39. The van der Waals surface area contributed by atoms with Crippen molar-refractivity contribution in [2.45, 2.75) is 5.33 Å². The Morgan fingerprint density at radius 2 is 1.86 bits per heavy atom. The van der Waals surface area contributed by atoms with Crippen molar-refractivity contribution in [2.24, 2.45) is 0 Å². The van der Waals surface area contributed by atoms with Gasteiger partial charge in [-0.15, -0.1) is 0 Å². The molecule has 0 radical (unpaired) electrons. The van der Waals surface area contributed by atoms with Crippen molar-refractivity contribution in [1.29, 1.82) is 0 Å². The molecule has 0 aliphatic rings. The molecule has 0 heterocycles. The van der Waals surface area contributed by atoms with E-state index in [2.05, 4.69) is 53.4 Å². The predicted octanol–water partition coefficient (Wildman–Crippen LogP) is 4.34. The Hall–Kier alpha value is -1.08. The smallest absolute Gasteiger partial charge is 0.0283 e. The molecular formula is C13H13Br. The summed E-state index contributed by atoms with van der Waals surface area (Å²) in [4.78, 5) is 0. The van der Waals surface area contributed by atoms with E-state index in [0.717, 1.165) is 10.9 Å². The Labute approximate surface area is 93.8 Å². The van der Waals surface area contributed by atoms with E-state index < -0.39 is 0 Å². The third-order valence-electron chi connectivity index (χ3n) is 1.96. The average molecular weight is 249 g/mol. The summed E-state index contributed by atoms with van der Waals surface area (Å²) < 4.78 is 0. The van der Waals surface area contributed by atoms with E-state index in [9.17, 15) is 0 Å². The first kappa shape index (κ1) is 11.0. The maximum absolute atomic E-state index is 3.77. The summed E-state index contributed by atoms with van der Waals surface area (Å²) >= 11 is 3.42. The molecule has 1 aromatic carbocycles. The van der Waals surface area contributed by atoms with E-state index in [1.54, 1.807) is 6.08 Å². The van der Waals surface area contributed by atoms with Crippen molar-refractivity contribution in [3.63, 3.8) is 0 Å². The minimum atomic E-state index is 0.891. The molecule has 0 unspecified atom stereocenters. The Bertz CT molecular complexity index is 344. The number of alkyl halides is 1. The lowest BCUT2D eigenvalue weighted by Gasteiger charge is -2.02. The summed E-state index contributed by atoms with van der Waals surface area (Å²) in [6.07, 6.45) is 5.57. The third-order valence-corrected chi connectivity index (χ3v) is 2.61. The second-order valence-corrected chi connectivity index (χ2v) is 3.45. The van der Waals surface area contributed by atoms with Gasteiger partial charge in [-0.2, -0.15) is 0 Å². The zero-order valence-electron chi connectivity index (χ0n) is 8.04. The first-order valence-corrected chi connectivity index (χ1v) is 5.54. The van der Waals surface area contributed by atoms with Crippen LogP contribution in [0.4, 0.5) is 0 Å². The normalized spacial score (nSPS) is 11.1. The second kappa shape index (κ2) is 5.61. The number of hydrogen-bond donors (Lipinski definition) is 0. The van der Waals surface area contributed by atoms with Gasteiger partial charge < -0.3 is 0 Å². The van der Waals surface area contributed by atoms with Gasteiger partial charge in [0.1, 0.15) is 0 Å². The van der Waals surface area contributed by atoms with Gasteiger partial charge in [0, 0.05) is 5.33 Å². The molecule has 0 bridgehead atoms. The highest BCUT2D eigenvalue weighted by Gasteiger charge is 1.96. The van der Waals surface area contributed by atoms with Crippen molar-refractivity contribution >= 4 is 21.5 Å². The molecule has 1 aromatic rings. The topological polar surface area (TPSA) is 0 Å². The van der Waals surface area contributed by atoms with Crippen LogP contribution in [0.25, 0.3) is 5.57 Å². The van der Waals surface area contributed by atoms with E-state index in [1.807, 2.05) is 12.2 Å². The van der Waals surface area contributed by atoms with Crippen LogP contribution in [0.3, 0.4) is 0 Å². The summed E-state index contributed by atoms with van der Waals surface area (Å²) in [6.45, 7) is 7.45. The van der Waals surface area contributed by atoms with Crippen LogP contribution in [-0.4, -0.2) is 0 Å². The van der Waals surface area contributed by atoms with Crippen LogP contribution in [0.15, 0.2) is 55.7 Å². The van der Waals surface area contributed by atoms with Gasteiger partial charge in [-0.25, -0.2) is 0 Å².